The highest BCUT2D eigenvalue weighted by Gasteiger charge is 2.19. The SMILES string of the molecule is O=C(c1ccccc1)c1ccccc1[N+](=O)[O-].O=S(=O)=O. The Morgan fingerprint density at radius 3 is 1.90 bits per heavy atom. The lowest BCUT2D eigenvalue weighted by atomic mass is 10.0. The van der Waals surface area contributed by atoms with E-state index in [1.165, 1.54) is 12.1 Å². The number of nitro benzene ring substituents is 1. The van der Waals surface area contributed by atoms with E-state index in [0.29, 0.717) is 5.56 Å². The third-order valence-electron chi connectivity index (χ3n) is 2.38. The fourth-order valence-electron chi connectivity index (χ4n) is 1.57. The first-order chi connectivity index (χ1) is 9.93. The second-order valence-corrected chi connectivity index (χ2v) is 4.08. The quantitative estimate of drug-likeness (QED) is 0.485. The summed E-state index contributed by atoms with van der Waals surface area (Å²) in [7, 11) is -3.11. The summed E-state index contributed by atoms with van der Waals surface area (Å²) in [6.45, 7) is 0. The minimum Gasteiger partial charge on any atom is -0.288 e. The van der Waals surface area contributed by atoms with Crippen molar-refractivity contribution in [2.75, 3.05) is 0 Å². The number of hydrogen-bond acceptors (Lipinski definition) is 6. The first-order valence-corrected chi connectivity index (χ1v) is 6.53. The van der Waals surface area contributed by atoms with Crippen LogP contribution in [0.4, 0.5) is 5.69 Å². The van der Waals surface area contributed by atoms with Crippen LogP contribution in [0.1, 0.15) is 15.9 Å². The standard InChI is InChI=1S/C13H9NO3.O3S/c15-13(10-6-2-1-3-7-10)11-8-4-5-9-12(11)14(16)17;1-4(2)3/h1-9H;. The van der Waals surface area contributed by atoms with Crippen molar-refractivity contribution in [2.45, 2.75) is 0 Å². The van der Waals surface area contributed by atoms with E-state index in [9.17, 15) is 14.9 Å². The summed E-state index contributed by atoms with van der Waals surface area (Å²) >= 11 is 0. The molecule has 21 heavy (non-hydrogen) atoms. The van der Waals surface area contributed by atoms with E-state index in [2.05, 4.69) is 0 Å². The number of benzene rings is 2. The van der Waals surface area contributed by atoms with Crippen molar-refractivity contribution in [3.63, 3.8) is 0 Å². The molecule has 0 aliphatic heterocycles. The van der Waals surface area contributed by atoms with E-state index in [0.717, 1.165) is 0 Å². The van der Waals surface area contributed by atoms with Gasteiger partial charge in [-0.25, -0.2) is 0 Å². The van der Waals surface area contributed by atoms with Crippen LogP contribution in [0.3, 0.4) is 0 Å². The van der Waals surface area contributed by atoms with E-state index in [1.54, 1.807) is 42.5 Å². The minimum absolute atomic E-state index is 0.115. The van der Waals surface area contributed by atoms with Crippen LogP contribution in [0.2, 0.25) is 0 Å². The Morgan fingerprint density at radius 1 is 0.905 bits per heavy atom. The van der Waals surface area contributed by atoms with Crippen molar-refractivity contribution in [2.24, 2.45) is 0 Å². The van der Waals surface area contributed by atoms with Crippen molar-refractivity contribution < 1.29 is 22.3 Å². The molecule has 0 atom stereocenters. The Morgan fingerprint density at radius 2 is 1.38 bits per heavy atom. The molecule has 0 amide bonds. The number of rotatable bonds is 3. The number of nitrogens with zero attached hydrogens (tertiary/aromatic N) is 1. The number of para-hydroxylation sites is 1. The molecule has 108 valence electrons. The molecule has 0 fully saturated rings. The maximum absolute atomic E-state index is 12.1. The van der Waals surface area contributed by atoms with Gasteiger partial charge in [0, 0.05) is 11.6 Å². The molecule has 0 heterocycles. The molecule has 0 radical (unpaired) electrons. The molecule has 0 N–H and O–H groups in total. The van der Waals surface area contributed by atoms with Crippen molar-refractivity contribution in [1.29, 1.82) is 0 Å². The van der Waals surface area contributed by atoms with Crippen molar-refractivity contribution in [3.05, 3.63) is 75.8 Å². The molecular weight excluding hydrogens is 298 g/mol. The second-order valence-electron chi connectivity index (χ2n) is 3.67. The lowest BCUT2D eigenvalue weighted by molar-refractivity contribution is -0.385. The van der Waals surface area contributed by atoms with Crippen LogP contribution in [0, 0.1) is 10.1 Å². The van der Waals surface area contributed by atoms with Gasteiger partial charge in [-0.15, -0.1) is 12.6 Å². The Kier molecular flexibility index (Phi) is 5.90. The van der Waals surface area contributed by atoms with Crippen LogP contribution >= 0.6 is 0 Å². The van der Waals surface area contributed by atoms with Crippen molar-refractivity contribution in [1.82, 2.24) is 0 Å². The van der Waals surface area contributed by atoms with Crippen LogP contribution in [-0.4, -0.2) is 23.3 Å². The summed E-state index contributed by atoms with van der Waals surface area (Å²) in [5, 5.41) is 10.8. The third-order valence-corrected chi connectivity index (χ3v) is 2.38. The van der Waals surface area contributed by atoms with Gasteiger partial charge in [-0.05, 0) is 6.07 Å². The highest BCUT2D eigenvalue weighted by atomic mass is 32.2. The molecule has 0 aromatic heterocycles. The molecule has 2 rings (SSSR count). The topological polar surface area (TPSA) is 111 Å². The van der Waals surface area contributed by atoms with Crippen LogP contribution in [-0.2, 0) is 10.6 Å². The van der Waals surface area contributed by atoms with E-state index in [4.69, 9.17) is 12.6 Å². The second kappa shape index (κ2) is 7.65. The normalized spacial score (nSPS) is 9.14. The number of carbonyl (C=O) groups is 1. The number of ketones is 1. The van der Waals surface area contributed by atoms with E-state index >= 15 is 0 Å². The number of carbonyl (C=O) groups excluding carboxylic acids is 1. The van der Waals surface area contributed by atoms with Gasteiger partial charge in [-0.1, -0.05) is 42.5 Å². The molecule has 0 bridgehead atoms. The summed E-state index contributed by atoms with van der Waals surface area (Å²) in [4.78, 5) is 22.3. The predicted octanol–water partition coefficient (Wildman–Crippen LogP) is 1.82. The molecule has 0 saturated carbocycles. The monoisotopic (exact) mass is 307 g/mol. The lowest BCUT2D eigenvalue weighted by Gasteiger charge is -2.01. The highest BCUT2D eigenvalue weighted by Crippen LogP contribution is 2.20. The Bertz CT molecular complexity index is 748. The zero-order valence-corrected chi connectivity index (χ0v) is 11.3. The van der Waals surface area contributed by atoms with Gasteiger partial charge >= 0.3 is 10.6 Å². The molecule has 0 aliphatic rings. The van der Waals surface area contributed by atoms with Crippen LogP contribution in [0.25, 0.3) is 0 Å². The first kappa shape index (κ1) is 16.2. The molecule has 0 aliphatic carbocycles. The number of nitro groups is 1. The van der Waals surface area contributed by atoms with E-state index in [-0.39, 0.29) is 17.0 Å². The largest absolute Gasteiger partial charge is 0.425 e. The predicted molar refractivity (Wildman–Crippen MR) is 72.7 cm³/mol. The molecule has 2 aromatic carbocycles. The lowest BCUT2D eigenvalue weighted by Crippen LogP contribution is -2.04. The molecule has 0 unspecified atom stereocenters. The van der Waals surface area contributed by atoms with Crippen LogP contribution in [0.5, 0.6) is 0 Å². The Hall–Kier alpha value is -2.87. The van der Waals surface area contributed by atoms with Gasteiger partial charge < -0.3 is 0 Å². The molecule has 2 aromatic rings. The van der Waals surface area contributed by atoms with Crippen molar-refractivity contribution in [3.8, 4) is 0 Å². The maximum atomic E-state index is 12.1. The van der Waals surface area contributed by atoms with Gasteiger partial charge in [0.1, 0.15) is 5.56 Å². The smallest absolute Gasteiger partial charge is 0.288 e. The van der Waals surface area contributed by atoms with Crippen LogP contribution < -0.4 is 0 Å². The van der Waals surface area contributed by atoms with E-state index in [1.807, 2.05) is 0 Å². The van der Waals surface area contributed by atoms with Crippen molar-refractivity contribution >= 4 is 22.1 Å². The summed E-state index contributed by atoms with van der Waals surface area (Å²) < 4.78 is 25.3. The molecule has 0 spiro atoms. The molecular formula is C13H9NO6S. The fourth-order valence-corrected chi connectivity index (χ4v) is 1.57. The van der Waals surface area contributed by atoms with Gasteiger partial charge in [-0.3, -0.25) is 14.9 Å². The average Bonchev–Trinajstić information content (AvgIpc) is 2.47. The summed E-state index contributed by atoms with van der Waals surface area (Å²) in [5.74, 6) is -0.335. The minimum atomic E-state index is -3.11. The average molecular weight is 307 g/mol. The fraction of sp³-hybridized carbons (Fsp3) is 0. The number of hydrogen-bond donors (Lipinski definition) is 0. The zero-order chi connectivity index (χ0) is 15.8. The van der Waals surface area contributed by atoms with Gasteiger partial charge in [0.15, 0.2) is 5.78 Å². The summed E-state index contributed by atoms with van der Waals surface area (Å²) in [6.07, 6.45) is 0. The highest BCUT2D eigenvalue weighted by molar-refractivity contribution is 7.59. The van der Waals surface area contributed by atoms with Gasteiger partial charge in [0.2, 0.25) is 0 Å². The molecule has 8 heteroatoms. The Labute approximate surface area is 121 Å². The van der Waals surface area contributed by atoms with Gasteiger partial charge in [0.05, 0.1) is 4.92 Å². The Balaban J connectivity index is 0.000000491. The first-order valence-electron chi connectivity index (χ1n) is 5.53. The van der Waals surface area contributed by atoms with Crippen LogP contribution in [0.15, 0.2) is 54.6 Å². The van der Waals surface area contributed by atoms with Gasteiger partial charge in [0.25, 0.3) is 5.69 Å². The molecule has 0 saturated heterocycles. The summed E-state index contributed by atoms with van der Waals surface area (Å²) in [6, 6.07) is 14.5. The zero-order valence-electron chi connectivity index (χ0n) is 10.5. The molecule has 7 nitrogen and oxygen atoms in total. The van der Waals surface area contributed by atoms with E-state index < -0.39 is 15.5 Å². The third kappa shape index (κ3) is 4.96. The maximum Gasteiger partial charge on any atom is 0.425 e. The summed E-state index contributed by atoms with van der Waals surface area (Å²) in [5.41, 5.74) is 0.395. The van der Waals surface area contributed by atoms with Gasteiger partial charge in [-0.2, -0.15) is 0 Å².